The zero-order valence-corrected chi connectivity index (χ0v) is 43.1. The van der Waals surface area contributed by atoms with E-state index in [9.17, 15) is 14.4 Å². The van der Waals surface area contributed by atoms with Crippen molar-refractivity contribution in [3.05, 3.63) is 122 Å². The normalized spacial score (nSPS) is 13.1. The molecule has 0 heterocycles. The molecule has 0 spiro atoms. The van der Waals surface area contributed by atoms with E-state index in [2.05, 4.69) is 69.4 Å². The van der Waals surface area contributed by atoms with Crippen LogP contribution in [0.1, 0.15) is 226 Å². The van der Waals surface area contributed by atoms with Crippen molar-refractivity contribution >= 4 is 17.9 Å². The fourth-order valence-electron chi connectivity index (χ4n) is 7.15. The van der Waals surface area contributed by atoms with E-state index in [1.807, 2.05) is 72.9 Å². The molecular weight excluding hydrogens is 829 g/mol. The summed E-state index contributed by atoms with van der Waals surface area (Å²) in [5, 5.41) is 0. The van der Waals surface area contributed by atoms with Crippen molar-refractivity contribution in [3.8, 4) is 0 Å². The maximum Gasteiger partial charge on any atom is 0.306 e. The molecule has 1 unspecified atom stereocenters. The number of hydrogen-bond donors (Lipinski definition) is 0. The van der Waals surface area contributed by atoms with Gasteiger partial charge in [0.15, 0.2) is 6.10 Å². The maximum absolute atomic E-state index is 12.8. The van der Waals surface area contributed by atoms with Gasteiger partial charge >= 0.3 is 17.9 Å². The molecule has 1 atom stereocenters. The van der Waals surface area contributed by atoms with Gasteiger partial charge in [-0.1, -0.05) is 264 Å². The molecule has 0 amide bonds. The van der Waals surface area contributed by atoms with Crippen molar-refractivity contribution in [2.75, 3.05) is 13.2 Å². The number of hydrogen-bond acceptors (Lipinski definition) is 6. The largest absolute Gasteiger partial charge is 0.462 e. The second-order valence-electron chi connectivity index (χ2n) is 17.6. The Balaban J connectivity index is 4.48. The average molecular weight is 927 g/mol. The monoisotopic (exact) mass is 927 g/mol. The Bertz CT molecular complexity index is 1440. The lowest BCUT2D eigenvalue weighted by Crippen LogP contribution is -2.30. The smallest absolute Gasteiger partial charge is 0.306 e. The van der Waals surface area contributed by atoms with Gasteiger partial charge in [0.2, 0.25) is 0 Å². The zero-order valence-electron chi connectivity index (χ0n) is 43.1. The zero-order chi connectivity index (χ0) is 48.6. The number of allylic oxidation sites excluding steroid dienone is 20. The molecule has 0 radical (unpaired) electrons. The Hall–Kier alpha value is -4.19. The molecule has 0 aliphatic rings. The van der Waals surface area contributed by atoms with E-state index in [4.69, 9.17) is 14.2 Å². The van der Waals surface area contributed by atoms with Crippen LogP contribution in [0.15, 0.2) is 122 Å². The van der Waals surface area contributed by atoms with E-state index < -0.39 is 6.10 Å². The van der Waals surface area contributed by atoms with E-state index >= 15 is 0 Å². The van der Waals surface area contributed by atoms with Crippen molar-refractivity contribution in [2.24, 2.45) is 0 Å². The molecule has 0 aliphatic heterocycles. The van der Waals surface area contributed by atoms with Crippen LogP contribution in [0, 0.1) is 0 Å². The summed E-state index contributed by atoms with van der Waals surface area (Å²) in [6, 6.07) is 0. The van der Waals surface area contributed by atoms with E-state index in [1.54, 1.807) is 0 Å². The quantitative estimate of drug-likeness (QED) is 0.0199. The highest BCUT2D eigenvalue weighted by Crippen LogP contribution is 2.16. The van der Waals surface area contributed by atoms with Gasteiger partial charge in [-0.25, -0.2) is 0 Å². The lowest BCUT2D eigenvalue weighted by Gasteiger charge is -2.18. The minimum Gasteiger partial charge on any atom is -0.462 e. The first-order chi connectivity index (χ1) is 33.0. The van der Waals surface area contributed by atoms with Crippen molar-refractivity contribution < 1.29 is 28.6 Å². The van der Waals surface area contributed by atoms with Gasteiger partial charge in [-0.3, -0.25) is 14.4 Å². The predicted molar refractivity (Wildman–Crippen MR) is 288 cm³/mol. The summed E-state index contributed by atoms with van der Waals surface area (Å²) >= 11 is 0. The third-order valence-corrected chi connectivity index (χ3v) is 11.2. The molecule has 0 aromatic heterocycles. The summed E-state index contributed by atoms with van der Waals surface area (Å²) in [7, 11) is 0. The number of ether oxygens (including phenoxy) is 3. The highest BCUT2D eigenvalue weighted by molar-refractivity contribution is 5.71. The highest BCUT2D eigenvalue weighted by Gasteiger charge is 2.19. The number of rotatable bonds is 47. The van der Waals surface area contributed by atoms with Crippen LogP contribution in [-0.4, -0.2) is 37.2 Å². The molecule has 6 nitrogen and oxygen atoms in total. The molecule has 0 aromatic carbocycles. The minimum atomic E-state index is -0.819. The number of carbonyl (C=O) groups excluding carboxylic acids is 3. The minimum absolute atomic E-state index is 0.119. The molecule has 0 aromatic rings. The molecule has 0 N–H and O–H groups in total. The third kappa shape index (κ3) is 52.6. The summed E-state index contributed by atoms with van der Waals surface area (Å²) in [5.74, 6) is -1.02. The van der Waals surface area contributed by atoms with Crippen molar-refractivity contribution in [1.82, 2.24) is 0 Å². The number of esters is 3. The van der Waals surface area contributed by atoms with Crippen LogP contribution >= 0.6 is 0 Å². The SMILES string of the molecule is CC\C=C/C=C\C=C/C=C\C=C\C=C/C=C\CCCCCC(=O)OCC(COC(=O)CCC/C=C\C/C=C\C/C=C\CC)OC(=O)CCCCCCCCCCCCCCCCCCCCC. The van der Waals surface area contributed by atoms with E-state index in [0.717, 1.165) is 77.0 Å². The molecule has 67 heavy (non-hydrogen) atoms. The van der Waals surface area contributed by atoms with Crippen LogP contribution in [0.2, 0.25) is 0 Å². The van der Waals surface area contributed by atoms with Crippen LogP contribution in [0.4, 0.5) is 0 Å². The number of carbonyl (C=O) groups is 3. The van der Waals surface area contributed by atoms with Gasteiger partial charge in [0, 0.05) is 19.3 Å². The van der Waals surface area contributed by atoms with Gasteiger partial charge in [-0.2, -0.15) is 0 Å². The summed E-state index contributed by atoms with van der Waals surface area (Å²) in [6.07, 6.45) is 74.8. The van der Waals surface area contributed by atoms with Crippen LogP contribution < -0.4 is 0 Å². The molecular formula is C61H98O6. The Morgan fingerprint density at radius 1 is 0.328 bits per heavy atom. The van der Waals surface area contributed by atoms with Gasteiger partial charge in [0.1, 0.15) is 13.2 Å². The fraction of sp³-hybridized carbons (Fsp3) is 0.623. The Morgan fingerprint density at radius 2 is 0.672 bits per heavy atom. The molecule has 0 saturated carbocycles. The van der Waals surface area contributed by atoms with Crippen LogP contribution in [0.5, 0.6) is 0 Å². The van der Waals surface area contributed by atoms with Gasteiger partial charge in [-0.05, 0) is 64.2 Å². The van der Waals surface area contributed by atoms with E-state index in [1.165, 1.54) is 103 Å². The van der Waals surface area contributed by atoms with Crippen LogP contribution in [0.25, 0.3) is 0 Å². The molecule has 0 aliphatic carbocycles. The topological polar surface area (TPSA) is 78.9 Å². The summed E-state index contributed by atoms with van der Waals surface area (Å²) in [6.45, 7) is 6.29. The fourth-order valence-corrected chi connectivity index (χ4v) is 7.15. The van der Waals surface area contributed by atoms with E-state index in [-0.39, 0.29) is 37.5 Å². The molecule has 0 saturated heterocycles. The van der Waals surface area contributed by atoms with Crippen molar-refractivity contribution in [3.63, 3.8) is 0 Å². The van der Waals surface area contributed by atoms with Crippen molar-refractivity contribution in [2.45, 2.75) is 232 Å². The second kappa shape index (κ2) is 54.4. The van der Waals surface area contributed by atoms with Crippen LogP contribution in [-0.2, 0) is 28.6 Å². The molecule has 6 heteroatoms. The standard InChI is InChI=1S/C61H98O6/c1-4-7-10-13-16-19-22-24-26-28-30-32-34-36-39-42-45-48-51-54-60(63)66-57-58(56-65-59(62)53-50-47-44-41-38-21-18-15-12-9-6-3)67-61(64)55-52-49-46-43-40-37-35-33-31-29-27-25-23-20-17-14-11-8-5-2/h7,9-10,12-13,16,18-19,21-22,24,26,28,30,32,34,36,39,41,44,58H,4-6,8,11,14-15,17,20,23,25,27,29,31,33,35,37-38,40,42-43,45-57H2,1-3H3/b10-7-,12-9-,16-13-,21-18-,22-19-,26-24-,30-28+,34-32-,39-36-,44-41-. The number of unbranched alkanes of at least 4 members (excludes halogenated alkanes) is 22. The van der Waals surface area contributed by atoms with Gasteiger partial charge in [-0.15, -0.1) is 0 Å². The Kier molecular flexibility index (Phi) is 51.0. The summed E-state index contributed by atoms with van der Waals surface area (Å²) in [4.78, 5) is 38.0. The first kappa shape index (κ1) is 62.8. The van der Waals surface area contributed by atoms with E-state index in [0.29, 0.717) is 19.3 Å². The lowest BCUT2D eigenvalue weighted by atomic mass is 10.0. The summed E-state index contributed by atoms with van der Waals surface area (Å²) in [5.41, 5.74) is 0. The summed E-state index contributed by atoms with van der Waals surface area (Å²) < 4.78 is 16.7. The van der Waals surface area contributed by atoms with Gasteiger partial charge in [0.25, 0.3) is 0 Å². The third-order valence-electron chi connectivity index (χ3n) is 11.2. The molecule has 0 rings (SSSR count). The predicted octanol–water partition coefficient (Wildman–Crippen LogP) is 18.1. The Labute approximate surface area is 412 Å². The van der Waals surface area contributed by atoms with Crippen molar-refractivity contribution in [1.29, 1.82) is 0 Å². The molecule has 0 bridgehead atoms. The van der Waals surface area contributed by atoms with Crippen LogP contribution in [0.3, 0.4) is 0 Å². The lowest BCUT2D eigenvalue weighted by molar-refractivity contribution is -0.167. The van der Waals surface area contributed by atoms with Gasteiger partial charge in [0.05, 0.1) is 0 Å². The first-order valence-electron chi connectivity index (χ1n) is 27.1. The maximum atomic E-state index is 12.8. The average Bonchev–Trinajstić information content (AvgIpc) is 3.33. The first-order valence-corrected chi connectivity index (χ1v) is 27.1. The molecule has 0 fully saturated rings. The van der Waals surface area contributed by atoms with Gasteiger partial charge < -0.3 is 14.2 Å². The molecule has 378 valence electrons. The second-order valence-corrected chi connectivity index (χ2v) is 17.6. The Morgan fingerprint density at radius 3 is 1.13 bits per heavy atom. The highest BCUT2D eigenvalue weighted by atomic mass is 16.6.